The molecule has 0 amide bonds. The van der Waals surface area contributed by atoms with Gasteiger partial charge in [-0.3, -0.25) is 0 Å². The normalized spacial score (nSPS) is 15.9. The average molecular weight is 635 g/mol. The maximum absolute atomic E-state index is 2.68. The molecule has 0 saturated carbocycles. The van der Waals surface area contributed by atoms with Crippen LogP contribution in [0, 0.1) is 0 Å². The highest BCUT2D eigenvalue weighted by Gasteiger charge is 2.61. The summed E-state index contributed by atoms with van der Waals surface area (Å²) >= 11 is 0. The van der Waals surface area contributed by atoms with E-state index in [1.165, 1.54) is 89.8 Å². The van der Waals surface area contributed by atoms with E-state index < -0.39 is 5.41 Å². The lowest BCUT2D eigenvalue weighted by Gasteiger charge is -2.28. The predicted molar refractivity (Wildman–Crippen MR) is 199 cm³/mol. The molecule has 0 radical (unpaired) electrons. The van der Waals surface area contributed by atoms with Gasteiger partial charge in [0.25, 0.3) is 11.4 Å². The topological polar surface area (TPSA) is 7.76 Å². The van der Waals surface area contributed by atoms with Crippen molar-refractivity contribution in [3.8, 4) is 33.6 Å². The van der Waals surface area contributed by atoms with Crippen LogP contribution in [-0.4, -0.2) is 0 Å². The van der Waals surface area contributed by atoms with Crippen LogP contribution in [0.25, 0.3) is 45.0 Å². The van der Waals surface area contributed by atoms with E-state index in [1.54, 1.807) is 0 Å². The van der Waals surface area contributed by atoms with Crippen LogP contribution in [0.3, 0.4) is 0 Å². The SMILES string of the molecule is CC(C)(C)c1ccc2c(c1)CC1=C3Cc4cc(C(C)(C)C)ccc4-c4cccc([n+]43)C3(c4ccccc4-c4ccccc43)c3cccc-2[n+]31. The molecule has 5 heterocycles. The Morgan fingerprint density at radius 2 is 0.878 bits per heavy atom. The summed E-state index contributed by atoms with van der Waals surface area (Å²) in [6.07, 6.45) is 1.77. The first-order valence-corrected chi connectivity index (χ1v) is 17.9. The minimum atomic E-state index is -0.502. The second kappa shape index (κ2) is 9.54. The first-order valence-electron chi connectivity index (χ1n) is 17.9. The Hall–Kier alpha value is -5.08. The first kappa shape index (κ1) is 28.9. The summed E-state index contributed by atoms with van der Waals surface area (Å²) in [6, 6.07) is 47.0. The molecule has 4 aliphatic rings. The number of pyridine rings is 2. The molecule has 1 aliphatic carbocycles. The van der Waals surface area contributed by atoms with E-state index in [1.807, 2.05) is 0 Å². The van der Waals surface area contributed by atoms with E-state index in [0.29, 0.717) is 0 Å². The lowest BCUT2D eigenvalue weighted by atomic mass is 9.71. The summed E-state index contributed by atoms with van der Waals surface area (Å²) in [6.45, 7) is 14.0. The van der Waals surface area contributed by atoms with E-state index in [2.05, 4.69) is 172 Å². The highest BCUT2D eigenvalue weighted by Crippen LogP contribution is 2.56. The molecule has 0 bridgehead atoms. The van der Waals surface area contributed by atoms with Gasteiger partial charge in [0.2, 0.25) is 22.8 Å². The van der Waals surface area contributed by atoms with Gasteiger partial charge in [-0.1, -0.05) is 114 Å². The van der Waals surface area contributed by atoms with Crippen molar-refractivity contribution in [1.29, 1.82) is 0 Å². The summed E-state index contributed by atoms with van der Waals surface area (Å²) < 4.78 is 5.37. The third-order valence-corrected chi connectivity index (χ3v) is 11.8. The second-order valence-corrected chi connectivity index (χ2v) is 16.6. The van der Waals surface area contributed by atoms with Crippen LogP contribution in [0.1, 0.15) is 86.3 Å². The minimum Gasteiger partial charge on any atom is -0.153 e. The van der Waals surface area contributed by atoms with Crippen LogP contribution in [0.15, 0.2) is 121 Å². The molecule has 2 nitrogen and oxygen atoms in total. The largest absolute Gasteiger partial charge is 0.260 e. The van der Waals surface area contributed by atoms with Crippen LogP contribution in [0.5, 0.6) is 0 Å². The molecule has 0 atom stereocenters. The Labute approximate surface area is 290 Å². The summed E-state index contributed by atoms with van der Waals surface area (Å²) in [5.74, 6) is 0. The van der Waals surface area contributed by atoms with Gasteiger partial charge in [0.15, 0.2) is 5.41 Å². The maximum Gasteiger partial charge on any atom is 0.260 e. The number of hydrogen-bond donors (Lipinski definition) is 0. The Kier molecular flexibility index (Phi) is 5.62. The molecule has 0 saturated heterocycles. The molecule has 6 aromatic rings. The van der Waals surface area contributed by atoms with Gasteiger partial charge >= 0.3 is 0 Å². The van der Waals surface area contributed by atoms with Crippen molar-refractivity contribution in [1.82, 2.24) is 0 Å². The monoisotopic (exact) mass is 634 g/mol. The third-order valence-electron chi connectivity index (χ3n) is 11.8. The van der Waals surface area contributed by atoms with E-state index in [-0.39, 0.29) is 10.8 Å². The van der Waals surface area contributed by atoms with Crippen LogP contribution in [0.2, 0.25) is 0 Å². The van der Waals surface area contributed by atoms with Gasteiger partial charge in [0.1, 0.15) is 0 Å². The van der Waals surface area contributed by atoms with Crippen molar-refractivity contribution in [3.63, 3.8) is 0 Å². The standard InChI is InChI=1S/C47H42N2/c1-45(2,3)31-21-23-33-29(25-31)27-41-42-28-30-26-32(46(4,5)6)22-24-34(30)40-18-12-20-44(49(40)42)47(43-19-11-17-39(33)48(41)43)37-15-9-7-13-35(37)36-14-8-10-16-38(36)47/h7-26H,27-28H2,1-6H3/q+2. The number of rotatable bonds is 0. The number of benzene rings is 4. The summed E-state index contributed by atoms with van der Waals surface area (Å²) in [4.78, 5) is 0. The van der Waals surface area contributed by atoms with Gasteiger partial charge in [-0.25, -0.2) is 0 Å². The lowest BCUT2D eigenvalue weighted by Crippen LogP contribution is -2.50. The number of hydrogen-bond acceptors (Lipinski definition) is 0. The predicted octanol–water partition coefficient (Wildman–Crippen LogP) is 9.81. The average Bonchev–Trinajstić information content (AvgIpc) is 3.34. The second-order valence-electron chi connectivity index (χ2n) is 16.6. The van der Waals surface area contributed by atoms with E-state index in [4.69, 9.17) is 0 Å². The first-order chi connectivity index (χ1) is 23.6. The van der Waals surface area contributed by atoms with Crippen molar-refractivity contribution < 1.29 is 9.13 Å². The molecular weight excluding hydrogens is 593 g/mol. The van der Waals surface area contributed by atoms with E-state index >= 15 is 0 Å². The highest BCUT2D eigenvalue weighted by molar-refractivity contribution is 5.87. The van der Waals surface area contributed by atoms with Crippen LogP contribution < -0.4 is 9.13 Å². The molecule has 4 aromatic carbocycles. The molecule has 0 fully saturated rings. The van der Waals surface area contributed by atoms with Gasteiger partial charge < -0.3 is 0 Å². The number of allylic oxidation sites excluding steroid dienone is 2. The molecule has 10 rings (SSSR count). The molecule has 2 heteroatoms. The lowest BCUT2D eigenvalue weighted by molar-refractivity contribution is -0.596. The fraction of sp³-hybridized carbons (Fsp3) is 0.234. The molecular formula is C47H42N2+2. The molecule has 238 valence electrons. The van der Waals surface area contributed by atoms with E-state index in [9.17, 15) is 0 Å². The summed E-state index contributed by atoms with van der Waals surface area (Å²) in [5, 5.41) is 0. The number of nitrogens with zero attached hydrogens (tertiary/aromatic N) is 2. The van der Waals surface area contributed by atoms with Crippen molar-refractivity contribution in [2.75, 3.05) is 0 Å². The molecule has 2 aromatic heterocycles. The van der Waals surface area contributed by atoms with Crippen LogP contribution in [-0.2, 0) is 29.1 Å². The molecule has 3 aliphatic heterocycles. The van der Waals surface area contributed by atoms with Crippen molar-refractivity contribution in [2.45, 2.75) is 70.6 Å². The van der Waals surface area contributed by atoms with Gasteiger partial charge in [0, 0.05) is 24.3 Å². The Bertz CT molecular complexity index is 2290. The fourth-order valence-corrected chi connectivity index (χ4v) is 9.42. The molecule has 1 spiro atoms. The minimum absolute atomic E-state index is 0.0779. The van der Waals surface area contributed by atoms with Crippen LogP contribution >= 0.6 is 0 Å². The molecule has 0 N–H and O–H groups in total. The van der Waals surface area contributed by atoms with Gasteiger partial charge in [-0.15, -0.1) is 0 Å². The van der Waals surface area contributed by atoms with Crippen molar-refractivity contribution in [2.24, 2.45) is 0 Å². The van der Waals surface area contributed by atoms with Crippen molar-refractivity contribution in [3.05, 3.63) is 166 Å². The number of fused-ring (bicyclic) bond motifs is 11. The highest BCUT2D eigenvalue weighted by atomic mass is 15.1. The smallest absolute Gasteiger partial charge is 0.153 e. The zero-order chi connectivity index (χ0) is 33.4. The maximum atomic E-state index is 2.68. The summed E-state index contributed by atoms with van der Waals surface area (Å²) in [5.41, 5.74) is 21.4. The zero-order valence-electron chi connectivity index (χ0n) is 29.4. The van der Waals surface area contributed by atoms with E-state index in [0.717, 1.165) is 12.8 Å². The Balaban J connectivity index is 1.40. The third kappa shape index (κ3) is 3.72. The fourth-order valence-electron chi connectivity index (χ4n) is 9.42. The van der Waals surface area contributed by atoms with Gasteiger partial charge in [0.05, 0.1) is 24.0 Å². The number of aromatic nitrogens is 2. The van der Waals surface area contributed by atoms with Crippen LogP contribution in [0.4, 0.5) is 0 Å². The Morgan fingerprint density at radius 1 is 0.449 bits per heavy atom. The van der Waals surface area contributed by atoms with Gasteiger partial charge in [-0.2, -0.15) is 9.13 Å². The summed E-state index contributed by atoms with van der Waals surface area (Å²) in [7, 11) is 0. The zero-order valence-corrected chi connectivity index (χ0v) is 29.4. The molecule has 0 unspecified atom stereocenters. The Morgan fingerprint density at radius 3 is 1.31 bits per heavy atom. The van der Waals surface area contributed by atoms with Gasteiger partial charge in [-0.05, 0) is 79.6 Å². The quantitative estimate of drug-likeness (QED) is 0.147. The van der Waals surface area contributed by atoms with Crippen molar-refractivity contribution >= 4 is 11.4 Å². The molecule has 49 heavy (non-hydrogen) atoms.